The van der Waals surface area contributed by atoms with E-state index < -0.39 is 0 Å². The first kappa shape index (κ1) is 17.3. The first-order valence-corrected chi connectivity index (χ1v) is 10.2. The zero-order valence-corrected chi connectivity index (χ0v) is 15.8. The van der Waals surface area contributed by atoms with Gasteiger partial charge in [-0.15, -0.1) is 10.2 Å². The number of para-hydroxylation sites is 1. The average Bonchev–Trinajstić information content (AvgIpc) is 2.98. The van der Waals surface area contributed by atoms with Crippen molar-refractivity contribution in [3.63, 3.8) is 0 Å². The molecule has 1 saturated carbocycles. The van der Waals surface area contributed by atoms with Crippen LogP contribution >= 0.6 is 11.8 Å². The number of carbonyl (C=O) groups excluding carboxylic acids is 1. The molecule has 1 aliphatic carbocycles. The molecule has 3 aromatic rings. The van der Waals surface area contributed by atoms with Gasteiger partial charge in [-0.1, -0.05) is 49.2 Å². The normalized spacial score (nSPS) is 15.6. The van der Waals surface area contributed by atoms with Crippen LogP contribution < -0.4 is 5.32 Å². The molecule has 7 heteroatoms. The van der Waals surface area contributed by atoms with Crippen LogP contribution in [0.3, 0.4) is 0 Å². The second-order valence-electron chi connectivity index (χ2n) is 6.94. The number of aryl methyl sites for hydroxylation is 1. The van der Waals surface area contributed by atoms with Gasteiger partial charge in [0, 0.05) is 19.0 Å². The largest absolute Gasteiger partial charge is 0.355 e. The zero-order chi connectivity index (χ0) is 17.9. The van der Waals surface area contributed by atoms with Crippen LogP contribution in [0.2, 0.25) is 0 Å². The van der Waals surface area contributed by atoms with E-state index in [1.807, 2.05) is 35.9 Å². The summed E-state index contributed by atoms with van der Waals surface area (Å²) in [7, 11) is 1.98. The third-order valence-corrected chi connectivity index (χ3v) is 5.97. The van der Waals surface area contributed by atoms with Gasteiger partial charge in [0.2, 0.25) is 11.1 Å². The monoisotopic (exact) mass is 369 g/mol. The van der Waals surface area contributed by atoms with Crippen molar-refractivity contribution in [2.24, 2.45) is 13.0 Å². The fourth-order valence-electron chi connectivity index (χ4n) is 3.68. The Morgan fingerprint density at radius 3 is 2.88 bits per heavy atom. The molecule has 4 rings (SSSR count). The van der Waals surface area contributed by atoms with Crippen molar-refractivity contribution >= 4 is 39.7 Å². The number of fused-ring (bicyclic) bond motifs is 3. The van der Waals surface area contributed by atoms with E-state index >= 15 is 0 Å². The molecule has 0 atom stereocenters. The third kappa shape index (κ3) is 3.53. The van der Waals surface area contributed by atoms with E-state index in [-0.39, 0.29) is 5.91 Å². The topological polar surface area (TPSA) is 72.7 Å². The van der Waals surface area contributed by atoms with Gasteiger partial charge in [-0.25, -0.2) is 4.98 Å². The summed E-state index contributed by atoms with van der Waals surface area (Å²) in [4.78, 5) is 16.7. The number of hydrogen-bond donors (Lipinski definition) is 1. The van der Waals surface area contributed by atoms with Crippen molar-refractivity contribution in [3.05, 3.63) is 24.3 Å². The molecule has 0 bridgehead atoms. The number of rotatable bonds is 5. The molecule has 1 N–H and O–H groups in total. The van der Waals surface area contributed by atoms with Gasteiger partial charge < -0.3 is 9.88 Å². The maximum absolute atomic E-state index is 12.1. The second-order valence-corrected chi connectivity index (χ2v) is 7.88. The summed E-state index contributed by atoms with van der Waals surface area (Å²) in [6, 6.07) is 8.06. The summed E-state index contributed by atoms with van der Waals surface area (Å²) in [5.41, 5.74) is 2.68. The Hall–Kier alpha value is -2.15. The summed E-state index contributed by atoms with van der Waals surface area (Å²) in [6.07, 6.45) is 6.39. The molecule has 1 fully saturated rings. The van der Waals surface area contributed by atoms with Crippen molar-refractivity contribution in [1.82, 2.24) is 25.1 Å². The highest BCUT2D eigenvalue weighted by molar-refractivity contribution is 7.99. The zero-order valence-electron chi connectivity index (χ0n) is 14.9. The van der Waals surface area contributed by atoms with E-state index in [0.29, 0.717) is 16.8 Å². The molecule has 1 amide bonds. The molecule has 2 heterocycles. The number of aromatic nitrogens is 4. The summed E-state index contributed by atoms with van der Waals surface area (Å²) in [5.74, 6) is 1.01. The third-order valence-electron chi connectivity index (χ3n) is 5.13. The number of carbonyl (C=O) groups is 1. The van der Waals surface area contributed by atoms with Crippen LogP contribution in [0.25, 0.3) is 22.1 Å². The summed E-state index contributed by atoms with van der Waals surface area (Å²) < 4.78 is 2.02. The first-order chi connectivity index (χ1) is 12.7. The van der Waals surface area contributed by atoms with E-state index in [0.717, 1.165) is 28.6 Å². The van der Waals surface area contributed by atoms with Gasteiger partial charge >= 0.3 is 0 Å². The van der Waals surface area contributed by atoms with E-state index in [9.17, 15) is 4.79 Å². The Morgan fingerprint density at radius 2 is 2.04 bits per heavy atom. The van der Waals surface area contributed by atoms with Gasteiger partial charge in [0.05, 0.1) is 11.3 Å². The van der Waals surface area contributed by atoms with Crippen molar-refractivity contribution in [2.45, 2.75) is 37.3 Å². The Balaban J connectivity index is 1.40. The van der Waals surface area contributed by atoms with Crippen LogP contribution in [0.5, 0.6) is 0 Å². The molecule has 26 heavy (non-hydrogen) atoms. The minimum Gasteiger partial charge on any atom is -0.355 e. The van der Waals surface area contributed by atoms with E-state index in [1.165, 1.54) is 43.9 Å². The van der Waals surface area contributed by atoms with E-state index in [2.05, 4.69) is 20.5 Å². The van der Waals surface area contributed by atoms with Gasteiger partial charge in [-0.2, -0.15) is 0 Å². The molecule has 1 aromatic carbocycles. The number of amides is 1. The van der Waals surface area contributed by atoms with Crippen LogP contribution in [0.4, 0.5) is 0 Å². The van der Waals surface area contributed by atoms with Gasteiger partial charge in [-0.05, 0) is 24.8 Å². The molecule has 0 saturated heterocycles. The quantitative estimate of drug-likeness (QED) is 0.699. The predicted molar refractivity (Wildman–Crippen MR) is 104 cm³/mol. The van der Waals surface area contributed by atoms with Crippen molar-refractivity contribution in [3.8, 4) is 0 Å². The highest BCUT2D eigenvalue weighted by atomic mass is 32.2. The van der Waals surface area contributed by atoms with Crippen LogP contribution in [-0.4, -0.2) is 38.0 Å². The highest BCUT2D eigenvalue weighted by Gasteiger charge is 2.16. The Labute approximate surface area is 156 Å². The molecular weight excluding hydrogens is 346 g/mol. The molecule has 0 spiro atoms. The average molecular weight is 369 g/mol. The number of nitrogens with one attached hydrogen (secondary N) is 1. The van der Waals surface area contributed by atoms with Gasteiger partial charge in [0.1, 0.15) is 5.52 Å². The summed E-state index contributed by atoms with van der Waals surface area (Å²) in [5, 5.41) is 13.2. The van der Waals surface area contributed by atoms with Crippen LogP contribution in [0.1, 0.15) is 32.1 Å². The lowest BCUT2D eigenvalue weighted by atomic mass is 9.89. The highest BCUT2D eigenvalue weighted by Crippen LogP contribution is 2.26. The molecule has 136 valence electrons. The van der Waals surface area contributed by atoms with Crippen LogP contribution in [-0.2, 0) is 11.8 Å². The number of benzene rings is 1. The van der Waals surface area contributed by atoms with E-state index in [4.69, 9.17) is 0 Å². The standard InChI is InChI=1S/C19H23N5OS/c1-24-15-10-6-5-9-14(15)17-18(24)21-19(23-22-17)26-12-16(25)20-11-13-7-3-2-4-8-13/h5-6,9-10,13H,2-4,7-8,11-12H2,1H3,(H,20,25). The molecule has 0 aliphatic heterocycles. The van der Waals surface area contributed by atoms with Gasteiger partial charge in [0.25, 0.3) is 0 Å². The summed E-state index contributed by atoms with van der Waals surface area (Å²) >= 11 is 1.34. The number of thioether (sulfide) groups is 1. The molecular formula is C19H23N5OS. The fourth-order valence-corrected chi connectivity index (χ4v) is 4.30. The lowest BCUT2D eigenvalue weighted by molar-refractivity contribution is -0.118. The fraction of sp³-hybridized carbons (Fsp3) is 0.474. The second kappa shape index (κ2) is 7.61. The molecule has 1 aliphatic rings. The minimum absolute atomic E-state index is 0.0429. The molecule has 0 unspecified atom stereocenters. The van der Waals surface area contributed by atoms with Crippen molar-refractivity contribution in [1.29, 1.82) is 0 Å². The van der Waals surface area contributed by atoms with Gasteiger partial charge in [0.15, 0.2) is 5.65 Å². The minimum atomic E-state index is 0.0429. The maximum Gasteiger partial charge on any atom is 0.230 e. The first-order valence-electron chi connectivity index (χ1n) is 9.19. The maximum atomic E-state index is 12.1. The van der Waals surface area contributed by atoms with Crippen molar-refractivity contribution in [2.75, 3.05) is 12.3 Å². The van der Waals surface area contributed by atoms with Crippen molar-refractivity contribution < 1.29 is 4.79 Å². The van der Waals surface area contributed by atoms with E-state index in [1.54, 1.807) is 0 Å². The number of hydrogen-bond acceptors (Lipinski definition) is 5. The smallest absolute Gasteiger partial charge is 0.230 e. The predicted octanol–water partition coefficient (Wildman–Crippen LogP) is 3.31. The van der Waals surface area contributed by atoms with Crippen LogP contribution in [0, 0.1) is 5.92 Å². The molecule has 0 radical (unpaired) electrons. The molecule has 6 nitrogen and oxygen atoms in total. The SMILES string of the molecule is Cn1c2ccccc2c2nnc(SCC(=O)NCC3CCCCC3)nc21. The summed E-state index contributed by atoms with van der Waals surface area (Å²) in [6.45, 7) is 0.792. The van der Waals surface area contributed by atoms with Crippen LogP contribution in [0.15, 0.2) is 29.4 Å². The van der Waals surface area contributed by atoms with Gasteiger partial charge in [-0.3, -0.25) is 4.79 Å². The Kier molecular flexibility index (Phi) is 5.06. The molecule has 2 aromatic heterocycles. The lowest BCUT2D eigenvalue weighted by Gasteiger charge is -2.21. The Bertz CT molecular complexity index is 932. The Morgan fingerprint density at radius 1 is 1.23 bits per heavy atom. The number of nitrogens with zero attached hydrogens (tertiary/aromatic N) is 4. The lowest BCUT2D eigenvalue weighted by Crippen LogP contribution is -2.31.